The molecule has 4 rings (SSSR count). The molecule has 0 radical (unpaired) electrons. The summed E-state index contributed by atoms with van der Waals surface area (Å²) < 4.78 is 5.73. The van der Waals surface area contributed by atoms with Crippen molar-refractivity contribution in [1.82, 2.24) is 4.98 Å². The fourth-order valence-electron chi connectivity index (χ4n) is 2.95. The average Bonchev–Trinajstić information content (AvgIpc) is 3.10. The van der Waals surface area contributed by atoms with Gasteiger partial charge in [0.15, 0.2) is 5.13 Å². The van der Waals surface area contributed by atoms with Crippen molar-refractivity contribution in [3.63, 3.8) is 0 Å². The highest BCUT2D eigenvalue weighted by atomic mass is 35.5. The van der Waals surface area contributed by atoms with E-state index in [4.69, 9.17) is 21.3 Å². The molecular formula is C18H19ClN2O2S. The Bertz CT molecular complexity index is 721. The number of halogens is 1. The van der Waals surface area contributed by atoms with Gasteiger partial charge in [0.25, 0.3) is 0 Å². The molecule has 24 heavy (non-hydrogen) atoms. The highest BCUT2D eigenvalue weighted by Crippen LogP contribution is 2.35. The van der Waals surface area contributed by atoms with Crippen molar-refractivity contribution in [2.45, 2.75) is 31.8 Å². The molecule has 6 heteroatoms. The van der Waals surface area contributed by atoms with Crippen LogP contribution in [0.3, 0.4) is 0 Å². The number of aromatic nitrogens is 1. The number of rotatable bonds is 5. The minimum absolute atomic E-state index is 0.135. The maximum Gasteiger partial charge on any atom is 0.231 e. The molecule has 2 heterocycles. The van der Waals surface area contributed by atoms with E-state index in [1.54, 1.807) is 0 Å². The van der Waals surface area contributed by atoms with E-state index < -0.39 is 0 Å². The summed E-state index contributed by atoms with van der Waals surface area (Å²) >= 11 is 7.47. The van der Waals surface area contributed by atoms with Gasteiger partial charge in [0, 0.05) is 28.5 Å². The average molecular weight is 363 g/mol. The number of carbonyl (C=O) groups is 1. The van der Waals surface area contributed by atoms with Crippen LogP contribution in [0, 0.1) is 5.92 Å². The normalized spacial score (nSPS) is 20.3. The van der Waals surface area contributed by atoms with Crippen molar-refractivity contribution in [3.8, 4) is 11.3 Å². The first kappa shape index (κ1) is 16.1. The van der Waals surface area contributed by atoms with Crippen molar-refractivity contribution in [2.24, 2.45) is 5.92 Å². The smallest absolute Gasteiger partial charge is 0.231 e. The molecule has 1 aliphatic carbocycles. The van der Waals surface area contributed by atoms with Gasteiger partial charge < -0.3 is 4.74 Å². The lowest BCUT2D eigenvalue weighted by Gasteiger charge is -2.23. The van der Waals surface area contributed by atoms with Gasteiger partial charge >= 0.3 is 0 Å². The summed E-state index contributed by atoms with van der Waals surface area (Å²) in [4.78, 5) is 19.3. The van der Waals surface area contributed by atoms with Crippen LogP contribution in [-0.4, -0.2) is 30.1 Å². The van der Waals surface area contributed by atoms with Crippen LogP contribution < -0.4 is 4.90 Å². The third-order valence-corrected chi connectivity index (χ3v) is 5.58. The van der Waals surface area contributed by atoms with Gasteiger partial charge in [0.05, 0.1) is 18.3 Å². The van der Waals surface area contributed by atoms with Gasteiger partial charge in [0.2, 0.25) is 5.91 Å². The van der Waals surface area contributed by atoms with Crippen LogP contribution in [-0.2, 0) is 9.53 Å². The number of benzene rings is 1. The summed E-state index contributed by atoms with van der Waals surface area (Å²) in [6, 6.07) is 7.62. The van der Waals surface area contributed by atoms with Crippen molar-refractivity contribution in [3.05, 3.63) is 34.7 Å². The quantitative estimate of drug-likeness (QED) is 0.792. The van der Waals surface area contributed by atoms with E-state index in [0.717, 1.165) is 48.7 Å². The van der Waals surface area contributed by atoms with Gasteiger partial charge in [0.1, 0.15) is 0 Å². The molecule has 1 amide bonds. The Morgan fingerprint density at radius 1 is 1.29 bits per heavy atom. The largest absolute Gasteiger partial charge is 0.376 e. The number of nitrogens with zero attached hydrogens (tertiary/aromatic N) is 2. The first-order chi connectivity index (χ1) is 11.7. The summed E-state index contributed by atoms with van der Waals surface area (Å²) in [5.74, 6) is 0.372. The molecule has 1 atom stereocenters. The third kappa shape index (κ3) is 3.48. The van der Waals surface area contributed by atoms with E-state index in [0.29, 0.717) is 11.6 Å². The molecule has 1 aromatic heterocycles. The fraction of sp³-hybridized carbons (Fsp3) is 0.444. The first-order valence-electron chi connectivity index (χ1n) is 8.35. The molecule has 2 fully saturated rings. The predicted molar refractivity (Wildman–Crippen MR) is 96.6 cm³/mol. The molecule has 1 aliphatic heterocycles. The van der Waals surface area contributed by atoms with Crippen molar-refractivity contribution < 1.29 is 9.53 Å². The van der Waals surface area contributed by atoms with E-state index >= 15 is 0 Å². The molecule has 2 aromatic rings. The van der Waals surface area contributed by atoms with E-state index in [9.17, 15) is 4.79 Å². The lowest BCUT2D eigenvalue weighted by Crippen LogP contribution is -2.38. The molecular weight excluding hydrogens is 344 g/mol. The summed E-state index contributed by atoms with van der Waals surface area (Å²) in [5, 5.41) is 3.48. The maximum atomic E-state index is 12.7. The Morgan fingerprint density at radius 2 is 2.08 bits per heavy atom. The second kappa shape index (κ2) is 6.82. The van der Waals surface area contributed by atoms with Crippen LogP contribution in [0.25, 0.3) is 11.3 Å². The summed E-state index contributed by atoms with van der Waals surface area (Å²) in [5.41, 5.74) is 1.89. The summed E-state index contributed by atoms with van der Waals surface area (Å²) in [6.07, 6.45) is 4.22. The lowest BCUT2D eigenvalue weighted by atomic mass is 10.2. The molecule has 0 N–H and O–H groups in total. The molecule has 126 valence electrons. The van der Waals surface area contributed by atoms with Gasteiger partial charge in [-0.05, 0) is 37.8 Å². The van der Waals surface area contributed by atoms with Gasteiger partial charge in [-0.15, -0.1) is 11.3 Å². The van der Waals surface area contributed by atoms with Crippen LogP contribution in [0.5, 0.6) is 0 Å². The van der Waals surface area contributed by atoms with Crippen molar-refractivity contribution in [2.75, 3.05) is 18.1 Å². The first-order valence-corrected chi connectivity index (χ1v) is 9.61. The van der Waals surface area contributed by atoms with Gasteiger partial charge in [-0.3, -0.25) is 9.69 Å². The number of carbonyl (C=O) groups excluding carboxylic acids is 1. The number of anilines is 1. The standard InChI is InChI=1S/C18H19ClN2O2S/c19-14-7-5-12(6-8-14)16-11-24-18(20-16)21(17(22)13-3-4-13)10-15-2-1-9-23-15/h5-8,11,13,15H,1-4,9-10H2/t15-/m0/s1. The van der Waals surface area contributed by atoms with E-state index in [-0.39, 0.29) is 17.9 Å². The topological polar surface area (TPSA) is 42.4 Å². The minimum Gasteiger partial charge on any atom is -0.376 e. The van der Waals surface area contributed by atoms with Crippen molar-refractivity contribution in [1.29, 1.82) is 0 Å². The van der Waals surface area contributed by atoms with Gasteiger partial charge in [-0.25, -0.2) is 4.98 Å². The molecule has 0 bridgehead atoms. The highest BCUT2D eigenvalue weighted by molar-refractivity contribution is 7.14. The Morgan fingerprint density at radius 3 is 2.75 bits per heavy atom. The number of ether oxygens (including phenoxy) is 1. The van der Waals surface area contributed by atoms with E-state index in [2.05, 4.69) is 0 Å². The van der Waals surface area contributed by atoms with Gasteiger partial charge in [-0.2, -0.15) is 0 Å². The zero-order valence-corrected chi connectivity index (χ0v) is 14.9. The van der Waals surface area contributed by atoms with Crippen LogP contribution >= 0.6 is 22.9 Å². The molecule has 4 nitrogen and oxygen atoms in total. The molecule has 1 saturated carbocycles. The molecule has 1 saturated heterocycles. The number of amides is 1. The third-order valence-electron chi connectivity index (χ3n) is 4.47. The SMILES string of the molecule is O=C(C1CC1)N(C[C@@H]1CCCO1)c1nc(-c2ccc(Cl)cc2)cs1. The summed E-state index contributed by atoms with van der Waals surface area (Å²) in [6.45, 7) is 1.41. The second-order valence-electron chi connectivity index (χ2n) is 6.38. The molecule has 0 unspecified atom stereocenters. The number of hydrogen-bond acceptors (Lipinski definition) is 4. The highest BCUT2D eigenvalue weighted by Gasteiger charge is 2.36. The van der Waals surface area contributed by atoms with Crippen LogP contribution in [0.2, 0.25) is 5.02 Å². The Hall–Kier alpha value is -1.43. The van der Waals surface area contributed by atoms with E-state index in [1.165, 1.54) is 11.3 Å². The Labute approximate surface area is 150 Å². The predicted octanol–water partition coefficient (Wildman–Crippen LogP) is 4.39. The Kier molecular flexibility index (Phi) is 4.57. The number of thiazole rings is 1. The van der Waals surface area contributed by atoms with Crippen LogP contribution in [0.1, 0.15) is 25.7 Å². The monoisotopic (exact) mass is 362 g/mol. The van der Waals surface area contributed by atoms with E-state index in [1.807, 2.05) is 34.5 Å². The second-order valence-corrected chi connectivity index (χ2v) is 7.65. The maximum absolute atomic E-state index is 12.7. The van der Waals surface area contributed by atoms with Gasteiger partial charge in [-0.1, -0.05) is 23.7 Å². The lowest BCUT2D eigenvalue weighted by molar-refractivity contribution is -0.120. The minimum atomic E-state index is 0.135. The Balaban J connectivity index is 1.57. The van der Waals surface area contributed by atoms with Crippen molar-refractivity contribution >= 4 is 34.0 Å². The van der Waals surface area contributed by atoms with Crippen LogP contribution in [0.4, 0.5) is 5.13 Å². The number of hydrogen-bond donors (Lipinski definition) is 0. The zero-order valence-electron chi connectivity index (χ0n) is 13.3. The summed E-state index contributed by atoms with van der Waals surface area (Å²) in [7, 11) is 0. The molecule has 1 aromatic carbocycles. The van der Waals surface area contributed by atoms with Crippen LogP contribution in [0.15, 0.2) is 29.6 Å². The zero-order chi connectivity index (χ0) is 16.5. The molecule has 2 aliphatic rings. The fourth-order valence-corrected chi connectivity index (χ4v) is 3.92. The molecule has 0 spiro atoms.